The standard InChI is InChI=1S/C42H74N18O9/c1-9-55(10-2)37-46-34(47-38(52-37)56(11-3)26-64-17-31-20-67-31)43-23-59(29-62-15-7)41-49-35(48-39(53-41)57(12-4)27-65-18-32-21-68-32)44-24-60(30-63-16-8)42-51-36(45-25-61-14-6)50-40(54-42)58(13-5)28-66-19-33-22-69-33/h31-33H,9-30H2,1-8H3,(H,43,46,47,52)(H,44,48,49,53)(H,45,50,51,54). The third-order valence-electron chi connectivity index (χ3n) is 10.6. The van der Waals surface area contributed by atoms with E-state index in [-0.39, 0.29) is 71.3 Å². The van der Waals surface area contributed by atoms with E-state index < -0.39 is 0 Å². The van der Waals surface area contributed by atoms with Crippen molar-refractivity contribution < 1.29 is 42.6 Å². The molecule has 3 atom stereocenters. The van der Waals surface area contributed by atoms with E-state index in [1.165, 1.54) is 0 Å². The normalized spacial score (nSPS) is 16.8. The fourth-order valence-electron chi connectivity index (χ4n) is 6.20. The van der Waals surface area contributed by atoms with Crippen molar-refractivity contribution in [3.05, 3.63) is 0 Å². The van der Waals surface area contributed by atoms with Gasteiger partial charge < -0.3 is 78.2 Å². The Morgan fingerprint density at radius 1 is 0.377 bits per heavy atom. The smallest absolute Gasteiger partial charge is 0.235 e. The van der Waals surface area contributed by atoms with Gasteiger partial charge in [-0.15, -0.1) is 0 Å². The number of anilines is 9. The lowest BCUT2D eigenvalue weighted by molar-refractivity contribution is 0.116. The molecule has 27 heteroatoms. The van der Waals surface area contributed by atoms with Crippen molar-refractivity contribution in [2.45, 2.75) is 73.7 Å². The number of hydrogen-bond acceptors (Lipinski definition) is 27. The van der Waals surface area contributed by atoms with Gasteiger partial charge in [-0.1, -0.05) is 0 Å². The molecule has 3 fully saturated rings. The third kappa shape index (κ3) is 17.7. The summed E-state index contributed by atoms with van der Waals surface area (Å²) in [5.41, 5.74) is 0. The molecule has 3 saturated heterocycles. The number of hydrogen-bond donors (Lipinski definition) is 3. The Morgan fingerprint density at radius 3 is 0.971 bits per heavy atom. The Balaban J connectivity index is 1.29. The number of nitrogens with zero attached hydrogens (tertiary/aromatic N) is 15. The molecule has 0 aromatic carbocycles. The van der Waals surface area contributed by atoms with Gasteiger partial charge in [-0.25, -0.2) is 0 Å². The van der Waals surface area contributed by atoms with E-state index in [4.69, 9.17) is 87.5 Å². The van der Waals surface area contributed by atoms with Crippen molar-refractivity contribution in [2.24, 2.45) is 0 Å². The summed E-state index contributed by atoms with van der Waals surface area (Å²) in [4.78, 5) is 55.2. The Morgan fingerprint density at radius 2 is 0.667 bits per heavy atom. The van der Waals surface area contributed by atoms with Crippen molar-refractivity contribution in [1.29, 1.82) is 0 Å². The van der Waals surface area contributed by atoms with Gasteiger partial charge in [0.05, 0.1) is 53.0 Å². The SMILES string of the molecule is CCOCNc1nc(N(CC)COCC2CO2)nc(N(CNc2nc(N(CC)COCC3CO3)nc(N(CNc3nc(N(CC)CC)nc(N(CC)COCC4CO4)n3)COCC)n2)COCC)n1. The van der Waals surface area contributed by atoms with Crippen molar-refractivity contribution >= 4 is 53.5 Å². The first-order valence-electron chi connectivity index (χ1n) is 24.1. The van der Waals surface area contributed by atoms with Gasteiger partial charge in [0.1, 0.15) is 58.7 Å². The Labute approximate surface area is 405 Å². The van der Waals surface area contributed by atoms with E-state index in [0.717, 1.165) is 0 Å². The van der Waals surface area contributed by atoms with Gasteiger partial charge in [0.25, 0.3) is 0 Å². The molecule has 6 heterocycles. The molecule has 69 heavy (non-hydrogen) atoms. The molecule has 0 saturated carbocycles. The maximum Gasteiger partial charge on any atom is 0.235 e. The number of rotatable bonds is 39. The van der Waals surface area contributed by atoms with Crippen LogP contribution in [0.5, 0.6) is 0 Å². The van der Waals surface area contributed by atoms with E-state index in [0.29, 0.717) is 147 Å². The van der Waals surface area contributed by atoms with Gasteiger partial charge in [-0.2, -0.15) is 44.9 Å². The second-order valence-corrected chi connectivity index (χ2v) is 15.7. The number of nitrogens with one attached hydrogen (secondary N) is 3. The topological polar surface area (TPSA) is 265 Å². The van der Waals surface area contributed by atoms with Gasteiger partial charge in [0, 0.05) is 52.5 Å². The van der Waals surface area contributed by atoms with Crippen LogP contribution < -0.4 is 45.3 Å². The van der Waals surface area contributed by atoms with Crippen LogP contribution in [0.1, 0.15) is 55.4 Å². The van der Waals surface area contributed by atoms with Gasteiger partial charge in [-0.3, -0.25) is 9.80 Å². The molecular weight excluding hydrogens is 901 g/mol. The van der Waals surface area contributed by atoms with E-state index in [1.807, 2.05) is 66.0 Å². The summed E-state index contributed by atoms with van der Waals surface area (Å²) in [6.45, 7) is 25.5. The zero-order valence-electron chi connectivity index (χ0n) is 41.7. The predicted octanol–water partition coefficient (Wildman–Crippen LogP) is 1.83. The first-order chi connectivity index (χ1) is 33.8. The van der Waals surface area contributed by atoms with Crippen LogP contribution in [0.15, 0.2) is 0 Å². The molecule has 3 N–H and O–H groups in total. The molecule has 0 bridgehead atoms. The van der Waals surface area contributed by atoms with Crippen LogP contribution in [0, 0.1) is 0 Å². The molecule has 3 unspecified atom stereocenters. The van der Waals surface area contributed by atoms with Crippen molar-refractivity contribution in [1.82, 2.24) is 44.9 Å². The summed E-state index contributed by atoms with van der Waals surface area (Å²) in [6, 6.07) is 0. The summed E-state index contributed by atoms with van der Waals surface area (Å²) >= 11 is 0. The molecule has 3 aromatic rings. The molecule has 6 rings (SSSR count). The average Bonchev–Trinajstić information content (AvgIpc) is 4.21. The minimum Gasteiger partial charge on any atom is -0.371 e. The molecule has 3 aliphatic rings. The van der Waals surface area contributed by atoms with Crippen molar-refractivity contribution in [3.8, 4) is 0 Å². The lowest BCUT2D eigenvalue weighted by atomic mass is 10.5. The second kappa shape index (κ2) is 28.5. The van der Waals surface area contributed by atoms with Crippen LogP contribution >= 0.6 is 0 Å². The molecule has 3 aliphatic heterocycles. The molecule has 0 amide bonds. The van der Waals surface area contributed by atoms with Crippen LogP contribution in [0.3, 0.4) is 0 Å². The van der Waals surface area contributed by atoms with Crippen molar-refractivity contribution in [3.63, 3.8) is 0 Å². The molecule has 0 radical (unpaired) electrons. The predicted molar refractivity (Wildman–Crippen MR) is 259 cm³/mol. The van der Waals surface area contributed by atoms with Crippen molar-refractivity contribution in [2.75, 3.05) is 191 Å². The average molecular weight is 975 g/mol. The Kier molecular flexibility index (Phi) is 22.0. The van der Waals surface area contributed by atoms with Gasteiger partial charge in [0.2, 0.25) is 53.5 Å². The summed E-state index contributed by atoms with van der Waals surface area (Å²) in [7, 11) is 0. The van der Waals surface area contributed by atoms with E-state index in [2.05, 4.69) is 34.7 Å². The lowest BCUT2D eigenvalue weighted by Crippen LogP contribution is -2.37. The first-order valence-corrected chi connectivity index (χ1v) is 24.1. The number of ether oxygens (including phenoxy) is 9. The zero-order valence-corrected chi connectivity index (χ0v) is 41.7. The highest BCUT2D eigenvalue weighted by Gasteiger charge is 2.27. The van der Waals surface area contributed by atoms with E-state index >= 15 is 0 Å². The molecular formula is C42H74N18O9. The minimum absolute atomic E-state index is 0.0893. The summed E-state index contributed by atoms with van der Waals surface area (Å²) in [6.07, 6.45) is 0.344. The zero-order chi connectivity index (χ0) is 48.8. The van der Waals surface area contributed by atoms with E-state index in [1.54, 1.807) is 0 Å². The van der Waals surface area contributed by atoms with Gasteiger partial charge in [-0.05, 0) is 55.4 Å². The summed E-state index contributed by atoms with van der Waals surface area (Å²) in [5.74, 6) is 3.39. The summed E-state index contributed by atoms with van der Waals surface area (Å²) in [5, 5.41) is 9.97. The fourth-order valence-corrected chi connectivity index (χ4v) is 6.20. The number of epoxide rings is 3. The first kappa shape index (κ1) is 53.2. The van der Waals surface area contributed by atoms with Crippen LogP contribution in [-0.4, -0.2) is 209 Å². The summed E-state index contributed by atoms with van der Waals surface area (Å²) < 4.78 is 51.5. The van der Waals surface area contributed by atoms with Gasteiger partial charge in [0.15, 0.2) is 0 Å². The molecule has 0 spiro atoms. The third-order valence-corrected chi connectivity index (χ3v) is 10.6. The number of aromatic nitrogens is 9. The Hall–Kier alpha value is -5.13. The van der Waals surface area contributed by atoms with Crippen LogP contribution in [-0.2, 0) is 42.6 Å². The van der Waals surface area contributed by atoms with Crippen LogP contribution in [0.25, 0.3) is 0 Å². The van der Waals surface area contributed by atoms with Crippen LogP contribution in [0.2, 0.25) is 0 Å². The lowest BCUT2D eigenvalue weighted by Gasteiger charge is -2.28. The highest BCUT2D eigenvalue weighted by molar-refractivity contribution is 5.50. The highest BCUT2D eigenvalue weighted by Crippen LogP contribution is 2.23. The van der Waals surface area contributed by atoms with Crippen LogP contribution in [0.4, 0.5) is 53.5 Å². The monoisotopic (exact) mass is 975 g/mol. The fraction of sp³-hybridized carbons (Fsp3) is 0.786. The Bertz CT molecular complexity index is 1940. The largest absolute Gasteiger partial charge is 0.371 e. The molecule has 0 aliphatic carbocycles. The molecule has 386 valence electrons. The highest BCUT2D eigenvalue weighted by atomic mass is 16.6. The van der Waals surface area contributed by atoms with Gasteiger partial charge >= 0.3 is 0 Å². The maximum absolute atomic E-state index is 6.03. The van der Waals surface area contributed by atoms with E-state index in [9.17, 15) is 0 Å². The maximum atomic E-state index is 6.03. The second-order valence-electron chi connectivity index (χ2n) is 15.7. The quantitative estimate of drug-likeness (QED) is 0.0418. The minimum atomic E-state index is 0.0893. The molecule has 27 nitrogen and oxygen atoms in total. The molecule has 3 aromatic heterocycles.